The highest BCUT2D eigenvalue weighted by Crippen LogP contribution is 2.48. The number of benzene rings is 7. The minimum Gasteiger partial charge on any atom is -0.454 e. The number of furan rings is 1. The van der Waals surface area contributed by atoms with Crippen LogP contribution in [-0.2, 0) is 0 Å². The second-order valence-corrected chi connectivity index (χ2v) is 10.7. The molecule has 0 aliphatic rings. The molecule has 0 radical (unpaired) electrons. The van der Waals surface area contributed by atoms with Crippen LogP contribution in [0, 0.1) is 0 Å². The van der Waals surface area contributed by atoms with Crippen molar-refractivity contribution in [1.82, 2.24) is 4.98 Å². The number of hydrogen-bond donors (Lipinski definition) is 0. The fraction of sp³-hybridized carbons (Fsp3) is 0. The van der Waals surface area contributed by atoms with Gasteiger partial charge in [-0.05, 0) is 67.7 Å². The van der Waals surface area contributed by atoms with Crippen LogP contribution in [0.1, 0.15) is 0 Å². The van der Waals surface area contributed by atoms with Crippen molar-refractivity contribution >= 4 is 65.3 Å². The summed E-state index contributed by atoms with van der Waals surface area (Å²) in [6, 6.07) is 49.6. The highest BCUT2D eigenvalue weighted by Gasteiger charge is 2.23. The van der Waals surface area contributed by atoms with Gasteiger partial charge in [0.1, 0.15) is 11.1 Å². The van der Waals surface area contributed by atoms with Crippen LogP contribution in [-0.4, -0.2) is 4.98 Å². The summed E-state index contributed by atoms with van der Waals surface area (Å²) >= 11 is 0. The minimum atomic E-state index is 0.832. The summed E-state index contributed by atoms with van der Waals surface area (Å²) in [7, 11) is 0. The van der Waals surface area contributed by atoms with Crippen LogP contribution in [0.2, 0.25) is 0 Å². The molecular weight excluding hydrogens is 498 g/mol. The van der Waals surface area contributed by atoms with E-state index in [1.54, 1.807) is 0 Å². The summed E-state index contributed by atoms with van der Waals surface area (Å²) in [6.45, 7) is 0. The Bertz CT molecular complexity index is 2430. The van der Waals surface area contributed by atoms with Gasteiger partial charge in [0, 0.05) is 21.9 Å². The lowest BCUT2D eigenvalue weighted by atomic mass is 9.84. The third-order valence-electron chi connectivity index (χ3n) is 8.42. The Morgan fingerprint density at radius 3 is 1.71 bits per heavy atom. The maximum absolute atomic E-state index is 6.64. The molecule has 0 aliphatic carbocycles. The Morgan fingerprint density at radius 2 is 0.976 bits per heavy atom. The molecule has 0 atom stereocenters. The van der Waals surface area contributed by atoms with Crippen LogP contribution in [0.25, 0.3) is 87.5 Å². The van der Waals surface area contributed by atoms with Crippen LogP contribution in [0.3, 0.4) is 0 Å². The van der Waals surface area contributed by atoms with Crippen LogP contribution >= 0.6 is 0 Å². The predicted octanol–water partition coefficient (Wildman–Crippen LogP) is 10.9. The van der Waals surface area contributed by atoms with E-state index in [9.17, 15) is 0 Å². The fourth-order valence-corrected chi connectivity index (χ4v) is 6.64. The van der Waals surface area contributed by atoms with Crippen LogP contribution in [0.15, 0.2) is 144 Å². The van der Waals surface area contributed by atoms with E-state index in [2.05, 4.69) is 127 Å². The van der Waals surface area contributed by atoms with Gasteiger partial charge in [0.2, 0.25) is 0 Å². The van der Waals surface area contributed by atoms with Crippen molar-refractivity contribution in [3.05, 3.63) is 140 Å². The largest absolute Gasteiger partial charge is 0.454 e. The number of hydrogen-bond acceptors (Lipinski definition) is 2. The summed E-state index contributed by atoms with van der Waals surface area (Å²) in [5.74, 6) is 0. The van der Waals surface area contributed by atoms with Crippen molar-refractivity contribution in [3.63, 3.8) is 0 Å². The van der Waals surface area contributed by atoms with Crippen molar-refractivity contribution in [2.24, 2.45) is 0 Å². The quantitative estimate of drug-likeness (QED) is 0.211. The highest BCUT2D eigenvalue weighted by atomic mass is 16.3. The number of rotatable bonds is 2. The van der Waals surface area contributed by atoms with Crippen LogP contribution < -0.4 is 0 Å². The van der Waals surface area contributed by atoms with E-state index in [1.165, 1.54) is 49.0 Å². The van der Waals surface area contributed by atoms with Gasteiger partial charge in [0.05, 0.1) is 5.52 Å². The lowest BCUT2D eigenvalue weighted by Crippen LogP contribution is -1.93. The topological polar surface area (TPSA) is 26.0 Å². The molecule has 0 bridgehead atoms. The average Bonchev–Trinajstić information content (AvgIpc) is 3.41. The zero-order valence-corrected chi connectivity index (χ0v) is 22.1. The van der Waals surface area contributed by atoms with Gasteiger partial charge in [-0.3, -0.25) is 0 Å². The van der Waals surface area contributed by atoms with E-state index in [1.807, 2.05) is 12.1 Å². The smallest absolute Gasteiger partial charge is 0.162 e. The molecule has 2 aromatic heterocycles. The summed E-state index contributed by atoms with van der Waals surface area (Å²) in [5, 5.41) is 9.47. The Morgan fingerprint density at radius 1 is 0.415 bits per heavy atom. The maximum atomic E-state index is 6.64. The van der Waals surface area contributed by atoms with Crippen molar-refractivity contribution in [1.29, 1.82) is 0 Å². The summed E-state index contributed by atoms with van der Waals surface area (Å²) in [5.41, 5.74) is 8.31. The van der Waals surface area contributed by atoms with Crippen molar-refractivity contribution in [2.75, 3.05) is 0 Å². The first-order chi connectivity index (χ1) is 20.3. The molecular formula is C39H23NO. The number of pyridine rings is 1. The van der Waals surface area contributed by atoms with E-state index >= 15 is 0 Å². The molecule has 2 heterocycles. The van der Waals surface area contributed by atoms with E-state index in [-0.39, 0.29) is 0 Å². The lowest BCUT2D eigenvalue weighted by molar-refractivity contribution is 0.670. The maximum Gasteiger partial charge on any atom is 0.162 e. The molecule has 7 aromatic carbocycles. The molecule has 0 aliphatic heterocycles. The normalized spacial score (nSPS) is 11.9. The van der Waals surface area contributed by atoms with Crippen molar-refractivity contribution < 1.29 is 4.42 Å². The monoisotopic (exact) mass is 521 g/mol. The first kappa shape index (κ1) is 22.4. The fourth-order valence-electron chi connectivity index (χ4n) is 6.64. The standard InChI is InChI=1S/C39H23NO/c1-2-12-25-23-26(22-21-24(25)11-1)35-27-13-3-5-15-29(27)36(30-16-6-4-14-28(30)35)37-31-17-7-9-19-33(31)40-38-32-18-8-10-20-34(32)41-39(37)38/h1-23H. The second-order valence-electron chi connectivity index (χ2n) is 10.7. The van der Waals surface area contributed by atoms with Gasteiger partial charge < -0.3 is 4.42 Å². The van der Waals surface area contributed by atoms with Gasteiger partial charge >= 0.3 is 0 Å². The number of para-hydroxylation sites is 2. The zero-order valence-electron chi connectivity index (χ0n) is 22.1. The summed E-state index contributed by atoms with van der Waals surface area (Å²) < 4.78 is 6.64. The van der Waals surface area contributed by atoms with Gasteiger partial charge in [0.25, 0.3) is 0 Å². The molecule has 190 valence electrons. The molecule has 2 heteroatoms. The van der Waals surface area contributed by atoms with Crippen molar-refractivity contribution in [3.8, 4) is 22.3 Å². The SMILES string of the molecule is c1ccc2cc(-c3c4ccccc4c(-c4c5ccccc5nc5c4oc4ccccc45)c4ccccc34)ccc2c1. The molecule has 41 heavy (non-hydrogen) atoms. The van der Waals surface area contributed by atoms with Crippen LogP contribution in [0.5, 0.6) is 0 Å². The third kappa shape index (κ3) is 3.22. The molecule has 0 amide bonds. The Labute approximate surface area is 236 Å². The number of aromatic nitrogens is 1. The molecule has 2 nitrogen and oxygen atoms in total. The first-order valence-corrected chi connectivity index (χ1v) is 14.0. The predicted molar refractivity (Wildman–Crippen MR) is 172 cm³/mol. The van der Waals surface area contributed by atoms with E-state index in [0.29, 0.717) is 0 Å². The number of fused-ring (bicyclic) bond motifs is 7. The van der Waals surface area contributed by atoms with Gasteiger partial charge in [-0.25, -0.2) is 4.98 Å². The summed E-state index contributed by atoms with van der Waals surface area (Å²) in [6.07, 6.45) is 0. The number of nitrogens with zero attached hydrogens (tertiary/aromatic N) is 1. The van der Waals surface area contributed by atoms with Gasteiger partial charge in [-0.1, -0.05) is 115 Å². The average molecular weight is 522 g/mol. The Hall–Kier alpha value is -5.47. The molecule has 0 saturated heterocycles. The molecule has 0 saturated carbocycles. The lowest BCUT2D eigenvalue weighted by Gasteiger charge is -2.19. The van der Waals surface area contributed by atoms with E-state index in [0.717, 1.165) is 38.5 Å². The van der Waals surface area contributed by atoms with Crippen LogP contribution in [0.4, 0.5) is 0 Å². The Balaban J connectivity index is 1.50. The zero-order chi connectivity index (χ0) is 26.9. The molecule has 9 rings (SSSR count). The first-order valence-electron chi connectivity index (χ1n) is 14.0. The molecule has 0 spiro atoms. The summed E-state index contributed by atoms with van der Waals surface area (Å²) in [4.78, 5) is 5.11. The highest BCUT2D eigenvalue weighted by molar-refractivity contribution is 6.27. The van der Waals surface area contributed by atoms with Gasteiger partial charge in [0.15, 0.2) is 5.58 Å². The minimum absolute atomic E-state index is 0.832. The third-order valence-corrected chi connectivity index (χ3v) is 8.42. The Kier molecular flexibility index (Phi) is 4.64. The molecule has 0 unspecified atom stereocenters. The van der Waals surface area contributed by atoms with Crippen molar-refractivity contribution in [2.45, 2.75) is 0 Å². The van der Waals surface area contributed by atoms with E-state index < -0.39 is 0 Å². The van der Waals surface area contributed by atoms with E-state index in [4.69, 9.17) is 9.40 Å². The molecule has 0 fully saturated rings. The van der Waals surface area contributed by atoms with Gasteiger partial charge in [-0.15, -0.1) is 0 Å². The molecule has 9 aromatic rings. The van der Waals surface area contributed by atoms with Gasteiger partial charge in [-0.2, -0.15) is 0 Å². The second kappa shape index (κ2) is 8.51. The molecule has 0 N–H and O–H groups in total.